The number of likely N-dealkylation sites (tertiary alicyclic amines) is 1. The minimum atomic E-state index is -0.828. The largest absolute Gasteiger partial charge is 0.392 e. The summed E-state index contributed by atoms with van der Waals surface area (Å²) in [6.45, 7) is 0.307. The van der Waals surface area contributed by atoms with E-state index >= 15 is 0 Å². The van der Waals surface area contributed by atoms with Gasteiger partial charge in [0.1, 0.15) is 6.04 Å². The molecule has 0 bridgehead atoms. The lowest BCUT2D eigenvalue weighted by Crippen LogP contribution is -2.50. The molecule has 0 aromatic rings. The summed E-state index contributed by atoms with van der Waals surface area (Å²) in [5.74, 6) is -2.20. The van der Waals surface area contributed by atoms with Gasteiger partial charge in [0.25, 0.3) is 0 Å². The van der Waals surface area contributed by atoms with Crippen molar-refractivity contribution in [2.45, 2.75) is 18.9 Å². The molecule has 5 N–H and O–H groups in total. The number of carbonyl (C=O) groups excluding carboxylic acids is 3. The molecule has 0 radical (unpaired) electrons. The van der Waals surface area contributed by atoms with Gasteiger partial charge in [-0.2, -0.15) is 0 Å². The predicted molar refractivity (Wildman–Crippen MR) is 63.7 cm³/mol. The van der Waals surface area contributed by atoms with Gasteiger partial charge in [0, 0.05) is 6.54 Å². The molecule has 3 amide bonds. The van der Waals surface area contributed by atoms with Gasteiger partial charge in [-0.25, -0.2) is 0 Å². The zero-order valence-corrected chi connectivity index (χ0v) is 9.96. The van der Waals surface area contributed by atoms with Crippen LogP contribution in [0.15, 0.2) is 0 Å². The van der Waals surface area contributed by atoms with Crippen LogP contribution in [0, 0.1) is 0 Å². The number of nitrogens with two attached hydrogens (primary N) is 2. The normalized spacial score (nSPS) is 18.8. The maximum absolute atomic E-state index is 11.7. The van der Waals surface area contributed by atoms with Gasteiger partial charge >= 0.3 is 11.8 Å². The van der Waals surface area contributed by atoms with Crippen LogP contribution in [0.4, 0.5) is 0 Å². The fourth-order valence-corrected chi connectivity index (χ4v) is 1.75. The van der Waals surface area contributed by atoms with Gasteiger partial charge in [0.05, 0.1) is 11.5 Å². The molecule has 0 aromatic heterocycles. The summed E-state index contributed by atoms with van der Waals surface area (Å²) in [4.78, 5) is 35.4. The van der Waals surface area contributed by atoms with Gasteiger partial charge in [0.15, 0.2) is 0 Å². The van der Waals surface area contributed by atoms with Gasteiger partial charge in [-0.05, 0) is 12.8 Å². The Morgan fingerprint density at radius 1 is 1.35 bits per heavy atom. The van der Waals surface area contributed by atoms with Gasteiger partial charge in [-0.3, -0.25) is 14.4 Å². The lowest BCUT2D eigenvalue weighted by Gasteiger charge is -2.21. The van der Waals surface area contributed by atoms with E-state index in [2.05, 4.69) is 17.5 Å². The van der Waals surface area contributed by atoms with Crippen molar-refractivity contribution in [2.24, 2.45) is 11.5 Å². The summed E-state index contributed by atoms with van der Waals surface area (Å²) in [6.07, 6.45) is 1.14. The molecule has 1 fully saturated rings. The summed E-state index contributed by atoms with van der Waals surface area (Å²) in [6, 6.07) is -0.696. The van der Waals surface area contributed by atoms with Crippen molar-refractivity contribution in [1.82, 2.24) is 10.2 Å². The molecular formula is C9H14N4O3S. The van der Waals surface area contributed by atoms with Crippen LogP contribution in [0.2, 0.25) is 0 Å². The van der Waals surface area contributed by atoms with Crippen LogP contribution in [0.25, 0.3) is 0 Å². The number of nitrogens with zero attached hydrogens (tertiary/aromatic N) is 1. The number of thiocarbonyl (C=S) groups is 1. The molecule has 0 saturated carbocycles. The van der Waals surface area contributed by atoms with Crippen molar-refractivity contribution in [3.8, 4) is 0 Å². The first kappa shape index (κ1) is 13.4. The third-order valence-electron chi connectivity index (χ3n) is 2.46. The van der Waals surface area contributed by atoms with Gasteiger partial charge < -0.3 is 21.7 Å². The molecule has 1 saturated heterocycles. The lowest BCUT2D eigenvalue weighted by molar-refractivity contribution is -0.147. The predicted octanol–water partition coefficient (Wildman–Crippen LogP) is -2.13. The summed E-state index contributed by atoms with van der Waals surface area (Å²) in [7, 11) is 0. The molecular weight excluding hydrogens is 244 g/mol. The smallest absolute Gasteiger partial charge is 0.312 e. The molecule has 94 valence electrons. The monoisotopic (exact) mass is 258 g/mol. The highest BCUT2D eigenvalue weighted by molar-refractivity contribution is 7.80. The molecule has 1 rings (SSSR count). The Morgan fingerprint density at radius 2 is 2.00 bits per heavy atom. The Bertz CT molecular complexity index is 371. The van der Waals surface area contributed by atoms with Crippen molar-refractivity contribution >= 4 is 34.9 Å². The second-order valence-electron chi connectivity index (χ2n) is 3.71. The van der Waals surface area contributed by atoms with Crippen LogP contribution in [-0.4, -0.2) is 46.7 Å². The molecule has 1 heterocycles. The standard InChI is InChI=1S/C9H14N4O3S/c10-6(17)4-12-8(15)9(16)13-3-1-2-5(13)7(11)14/h5H,1-4H2,(H2,10,17)(H2,11,14)(H,12,15). The lowest BCUT2D eigenvalue weighted by atomic mass is 10.2. The number of carbonyl (C=O) groups is 3. The molecule has 1 aliphatic rings. The SMILES string of the molecule is NC(=O)C1CCCN1C(=O)C(=O)NCC(N)=S. The topological polar surface area (TPSA) is 119 Å². The van der Waals surface area contributed by atoms with E-state index in [4.69, 9.17) is 11.5 Å². The minimum absolute atomic E-state index is 0.0466. The van der Waals surface area contributed by atoms with E-state index in [0.717, 1.165) is 0 Å². The first-order valence-electron chi connectivity index (χ1n) is 5.10. The highest BCUT2D eigenvalue weighted by Crippen LogP contribution is 2.16. The Labute approximate surface area is 103 Å². The zero-order chi connectivity index (χ0) is 13.0. The Morgan fingerprint density at radius 3 is 2.53 bits per heavy atom. The number of hydrogen-bond acceptors (Lipinski definition) is 4. The average molecular weight is 258 g/mol. The van der Waals surface area contributed by atoms with Crippen LogP contribution >= 0.6 is 12.2 Å². The molecule has 0 aliphatic carbocycles. The first-order chi connectivity index (χ1) is 7.93. The maximum Gasteiger partial charge on any atom is 0.312 e. The van der Waals surface area contributed by atoms with Crippen LogP contribution in [0.1, 0.15) is 12.8 Å². The Kier molecular flexibility index (Phi) is 4.38. The number of primary amides is 1. The number of rotatable bonds is 3. The quantitative estimate of drug-likeness (QED) is 0.394. The number of amides is 3. The third-order valence-corrected chi connectivity index (χ3v) is 2.60. The maximum atomic E-state index is 11.7. The molecule has 0 spiro atoms. The summed E-state index contributed by atoms with van der Waals surface area (Å²) >= 11 is 4.56. The van der Waals surface area contributed by atoms with E-state index < -0.39 is 23.8 Å². The van der Waals surface area contributed by atoms with Crippen LogP contribution < -0.4 is 16.8 Å². The number of nitrogens with one attached hydrogen (secondary N) is 1. The van der Waals surface area contributed by atoms with E-state index in [9.17, 15) is 14.4 Å². The third kappa shape index (κ3) is 3.38. The minimum Gasteiger partial charge on any atom is -0.392 e. The summed E-state index contributed by atoms with van der Waals surface area (Å²) in [5, 5.41) is 2.27. The highest BCUT2D eigenvalue weighted by atomic mass is 32.1. The van der Waals surface area contributed by atoms with E-state index in [1.54, 1.807) is 0 Å². The second kappa shape index (κ2) is 5.58. The molecule has 8 heteroatoms. The fourth-order valence-electron chi connectivity index (χ4n) is 1.68. The second-order valence-corrected chi connectivity index (χ2v) is 4.23. The van der Waals surface area contributed by atoms with Crippen molar-refractivity contribution in [2.75, 3.05) is 13.1 Å². The van der Waals surface area contributed by atoms with E-state index in [1.165, 1.54) is 4.90 Å². The van der Waals surface area contributed by atoms with E-state index in [1.807, 2.05) is 0 Å². The number of hydrogen-bond donors (Lipinski definition) is 3. The fraction of sp³-hybridized carbons (Fsp3) is 0.556. The van der Waals surface area contributed by atoms with Crippen LogP contribution in [-0.2, 0) is 14.4 Å². The molecule has 0 aromatic carbocycles. The highest BCUT2D eigenvalue weighted by Gasteiger charge is 2.35. The summed E-state index contributed by atoms with van der Waals surface area (Å²) in [5.41, 5.74) is 10.3. The van der Waals surface area contributed by atoms with Gasteiger partial charge in [-0.15, -0.1) is 0 Å². The molecule has 1 aliphatic heterocycles. The van der Waals surface area contributed by atoms with Crippen molar-refractivity contribution in [3.05, 3.63) is 0 Å². The van der Waals surface area contributed by atoms with Crippen LogP contribution in [0.3, 0.4) is 0 Å². The molecule has 7 nitrogen and oxygen atoms in total. The van der Waals surface area contributed by atoms with Gasteiger partial charge in [0.2, 0.25) is 5.91 Å². The molecule has 1 atom stereocenters. The first-order valence-corrected chi connectivity index (χ1v) is 5.50. The Balaban J connectivity index is 2.59. The molecule has 1 unspecified atom stereocenters. The average Bonchev–Trinajstić information content (AvgIpc) is 2.73. The zero-order valence-electron chi connectivity index (χ0n) is 9.14. The summed E-state index contributed by atoms with van der Waals surface area (Å²) < 4.78 is 0. The molecule has 17 heavy (non-hydrogen) atoms. The van der Waals surface area contributed by atoms with Crippen molar-refractivity contribution < 1.29 is 14.4 Å². The van der Waals surface area contributed by atoms with Gasteiger partial charge in [-0.1, -0.05) is 12.2 Å². The van der Waals surface area contributed by atoms with Crippen molar-refractivity contribution in [1.29, 1.82) is 0 Å². The Hall–Kier alpha value is -1.70. The van der Waals surface area contributed by atoms with Crippen molar-refractivity contribution in [3.63, 3.8) is 0 Å². The van der Waals surface area contributed by atoms with E-state index in [0.29, 0.717) is 19.4 Å². The van der Waals surface area contributed by atoms with E-state index in [-0.39, 0.29) is 11.5 Å². The van der Waals surface area contributed by atoms with Crippen LogP contribution in [0.5, 0.6) is 0 Å².